The molecule has 3 saturated heterocycles. The number of carbonyl (C=O) groups excluding carboxylic acids is 4. The molecule has 3 fully saturated rings. The Morgan fingerprint density at radius 1 is 1.09 bits per heavy atom. The van der Waals surface area contributed by atoms with Crippen molar-refractivity contribution in [3.05, 3.63) is 11.0 Å². The number of hydrogen-bond acceptors (Lipinski definition) is 11. The monoisotopic (exact) mass is 682 g/mol. The highest BCUT2D eigenvalue weighted by Crippen LogP contribution is 2.47. The average Bonchev–Trinajstić information content (AvgIpc) is 3.36. The third-order valence-corrected chi connectivity index (χ3v) is 11.7. The molecule has 3 rings (SSSR count). The second kappa shape index (κ2) is 15.9. The number of esters is 1. The Morgan fingerprint density at radius 2 is 1.72 bits per heavy atom. The third-order valence-electron chi connectivity index (χ3n) is 10.9. The Hall–Kier alpha value is -1.63. The van der Waals surface area contributed by atoms with Gasteiger partial charge in [-0.05, 0) is 69.8 Å². The lowest BCUT2D eigenvalue weighted by atomic mass is 9.69. The molecule has 13 atom stereocenters. The number of methoxy groups -OCH3 is 1. The van der Waals surface area contributed by atoms with Crippen LogP contribution in [0.3, 0.4) is 0 Å². The van der Waals surface area contributed by atoms with Crippen LogP contribution in [0.1, 0.15) is 95.4 Å². The van der Waals surface area contributed by atoms with Crippen molar-refractivity contribution < 1.29 is 48.0 Å². The van der Waals surface area contributed by atoms with Crippen molar-refractivity contribution in [1.29, 1.82) is 0 Å². The van der Waals surface area contributed by atoms with Crippen LogP contribution in [0.2, 0.25) is 0 Å². The Bertz CT molecular complexity index is 1190. The van der Waals surface area contributed by atoms with Gasteiger partial charge in [0.15, 0.2) is 17.2 Å². The van der Waals surface area contributed by atoms with Crippen LogP contribution in [0.15, 0.2) is 11.0 Å². The highest BCUT2D eigenvalue weighted by molar-refractivity contribution is 8.16. The molecule has 3 aliphatic heterocycles. The molecule has 0 radical (unpaired) electrons. The van der Waals surface area contributed by atoms with Crippen molar-refractivity contribution in [2.24, 2.45) is 41.4 Å². The first-order valence-electron chi connectivity index (χ1n) is 17.1. The van der Waals surface area contributed by atoms with Crippen molar-refractivity contribution in [3.8, 4) is 0 Å². The van der Waals surface area contributed by atoms with Gasteiger partial charge in [0.05, 0.1) is 24.4 Å². The van der Waals surface area contributed by atoms with Gasteiger partial charge < -0.3 is 28.8 Å². The molecule has 11 heteroatoms. The fourth-order valence-corrected chi connectivity index (χ4v) is 8.64. The minimum atomic E-state index is -1.20. The van der Waals surface area contributed by atoms with E-state index >= 15 is 0 Å². The summed E-state index contributed by atoms with van der Waals surface area (Å²) in [7, 11) is 1.51. The molecule has 0 spiro atoms. The minimum absolute atomic E-state index is 0.0551. The molecule has 0 bridgehead atoms. The van der Waals surface area contributed by atoms with E-state index in [-0.39, 0.29) is 41.9 Å². The quantitative estimate of drug-likeness (QED) is 0.280. The number of rotatable bonds is 6. The summed E-state index contributed by atoms with van der Waals surface area (Å²) in [5, 5.41) is 13.0. The molecular formula is C36H58O10S. The highest BCUT2D eigenvalue weighted by atomic mass is 32.2. The summed E-state index contributed by atoms with van der Waals surface area (Å²) in [5.41, 5.74) is -1.48. The van der Waals surface area contributed by atoms with Gasteiger partial charge in [-0.3, -0.25) is 19.2 Å². The Morgan fingerprint density at radius 3 is 2.28 bits per heavy atom. The molecule has 3 heterocycles. The van der Waals surface area contributed by atoms with Gasteiger partial charge in [-0.25, -0.2) is 0 Å². The standard InChI is InChI=1S/C36H58O10S/c1-13-27-36(11)28(25(16-43-36)17-47-24(9)37)21(6)29(38)19(4)15-35(10,42-12)32(22(7)30(39)23(8)33(41)45-27)46-34-31(40)26(18(2)3)14-20(5)44-34/h17-23,26-28,31-32,34,40H,13-16H2,1-12H3/b25-17+/t19-,20-,21?,22+,23?,26-,27-,28-,31-,32-,34+,35-,36-/m1/s1. The van der Waals surface area contributed by atoms with Gasteiger partial charge in [0.2, 0.25) is 0 Å². The second-order valence-corrected chi connectivity index (χ2v) is 15.9. The number of aliphatic hydroxyl groups excluding tert-OH is 1. The molecule has 10 nitrogen and oxygen atoms in total. The molecular weight excluding hydrogens is 624 g/mol. The number of aliphatic hydroxyl groups is 1. The zero-order valence-electron chi connectivity index (χ0n) is 30.4. The summed E-state index contributed by atoms with van der Waals surface area (Å²) < 4.78 is 31.3. The number of thioether (sulfide) groups is 1. The van der Waals surface area contributed by atoms with Gasteiger partial charge in [0, 0.05) is 37.7 Å². The normalized spacial score (nSPS) is 43.5. The topological polar surface area (TPSA) is 135 Å². The summed E-state index contributed by atoms with van der Waals surface area (Å²) >= 11 is 1.04. The van der Waals surface area contributed by atoms with E-state index in [4.69, 9.17) is 23.7 Å². The summed E-state index contributed by atoms with van der Waals surface area (Å²) in [6, 6.07) is 0. The molecule has 0 aromatic rings. The molecule has 0 aromatic carbocycles. The van der Waals surface area contributed by atoms with Crippen LogP contribution in [0, 0.1) is 41.4 Å². The van der Waals surface area contributed by atoms with E-state index in [0.717, 1.165) is 17.3 Å². The van der Waals surface area contributed by atoms with E-state index < -0.39 is 77.1 Å². The maximum atomic E-state index is 14.4. The zero-order chi connectivity index (χ0) is 35.6. The van der Waals surface area contributed by atoms with Crippen LogP contribution in [0.25, 0.3) is 0 Å². The Labute approximate surface area is 285 Å². The lowest BCUT2D eigenvalue weighted by molar-refractivity contribution is -0.299. The summed E-state index contributed by atoms with van der Waals surface area (Å²) in [6.07, 6.45) is -2.68. The fourth-order valence-electron chi connectivity index (χ4n) is 8.11. The molecule has 268 valence electrons. The van der Waals surface area contributed by atoms with Gasteiger partial charge in [0.25, 0.3) is 0 Å². The van der Waals surface area contributed by atoms with Crippen LogP contribution in [0.5, 0.6) is 0 Å². The number of ether oxygens (including phenoxy) is 5. The summed E-state index contributed by atoms with van der Waals surface area (Å²) in [6.45, 7) is 20.1. The predicted octanol–water partition coefficient (Wildman–Crippen LogP) is 5.52. The molecule has 0 aromatic heterocycles. The van der Waals surface area contributed by atoms with Crippen molar-refractivity contribution in [2.75, 3.05) is 13.7 Å². The van der Waals surface area contributed by atoms with Crippen LogP contribution in [-0.2, 0) is 42.9 Å². The van der Waals surface area contributed by atoms with Crippen LogP contribution in [0.4, 0.5) is 0 Å². The summed E-state index contributed by atoms with van der Waals surface area (Å²) in [4.78, 5) is 54.1. The van der Waals surface area contributed by atoms with Crippen molar-refractivity contribution in [1.82, 2.24) is 0 Å². The van der Waals surface area contributed by atoms with Crippen molar-refractivity contribution >= 4 is 34.4 Å². The molecule has 3 aliphatic rings. The lowest BCUT2D eigenvalue weighted by Gasteiger charge is -2.47. The molecule has 0 amide bonds. The maximum absolute atomic E-state index is 14.4. The van der Waals surface area contributed by atoms with Crippen LogP contribution >= 0.6 is 11.8 Å². The van der Waals surface area contributed by atoms with Gasteiger partial charge >= 0.3 is 5.97 Å². The average molecular weight is 683 g/mol. The summed E-state index contributed by atoms with van der Waals surface area (Å²) in [5.74, 6) is -4.72. The molecule has 1 N–H and O–H groups in total. The largest absolute Gasteiger partial charge is 0.459 e. The van der Waals surface area contributed by atoms with Crippen molar-refractivity contribution in [3.63, 3.8) is 0 Å². The van der Waals surface area contributed by atoms with Gasteiger partial charge in [-0.1, -0.05) is 53.3 Å². The van der Waals surface area contributed by atoms with E-state index in [0.29, 0.717) is 12.8 Å². The van der Waals surface area contributed by atoms with E-state index in [1.807, 2.05) is 48.5 Å². The number of cyclic esters (lactones) is 1. The fraction of sp³-hybridized carbons (Fsp3) is 0.833. The van der Waals surface area contributed by atoms with Gasteiger partial charge in [0.1, 0.15) is 29.5 Å². The zero-order valence-corrected chi connectivity index (χ0v) is 31.2. The highest BCUT2D eigenvalue weighted by Gasteiger charge is 2.56. The number of hydrogen-bond donors (Lipinski definition) is 1. The molecule has 47 heavy (non-hydrogen) atoms. The SMILES string of the molecule is CC[C@H]1OC(=O)C(C)C(=O)[C@H](C)[C@@H](O[C@@H]2O[C@H](C)C[C@H](C(C)C)[C@H]2O)[C@](C)(OC)C[C@@H](C)C(=O)C(C)[C@@H]2/C(=C/SC(C)=O)CO[C@]12C. The number of ketones is 2. The molecule has 0 saturated carbocycles. The van der Waals surface area contributed by atoms with E-state index in [2.05, 4.69) is 0 Å². The van der Waals surface area contributed by atoms with Crippen LogP contribution in [-0.4, -0.2) is 83.4 Å². The molecule has 2 unspecified atom stereocenters. The Kier molecular flexibility index (Phi) is 13.5. The number of Topliss-reactive ketones (excluding diaryl/α,β-unsaturated/α-hetero) is 2. The van der Waals surface area contributed by atoms with E-state index in [1.54, 1.807) is 19.3 Å². The lowest BCUT2D eigenvalue weighted by Crippen LogP contribution is -2.57. The maximum Gasteiger partial charge on any atom is 0.316 e. The first-order chi connectivity index (χ1) is 21.8. The molecule has 0 aliphatic carbocycles. The van der Waals surface area contributed by atoms with Gasteiger partial charge in [-0.15, -0.1) is 0 Å². The van der Waals surface area contributed by atoms with Crippen molar-refractivity contribution in [2.45, 2.75) is 137 Å². The van der Waals surface area contributed by atoms with E-state index in [9.17, 15) is 24.3 Å². The van der Waals surface area contributed by atoms with Gasteiger partial charge in [-0.2, -0.15) is 0 Å². The van der Waals surface area contributed by atoms with Crippen LogP contribution < -0.4 is 0 Å². The third kappa shape index (κ3) is 8.40. The second-order valence-electron chi connectivity index (χ2n) is 14.8. The number of fused-ring (bicyclic) bond motifs is 1. The Balaban J connectivity index is 2.13. The minimum Gasteiger partial charge on any atom is -0.459 e. The first-order valence-corrected chi connectivity index (χ1v) is 18.0. The smallest absolute Gasteiger partial charge is 0.316 e. The predicted molar refractivity (Wildman–Crippen MR) is 179 cm³/mol. The van der Waals surface area contributed by atoms with E-state index in [1.165, 1.54) is 21.0 Å². The first kappa shape index (κ1) is 39.8. The number of carbonyl (C=O) groups is 4.